The fraction of sp³-hybridized carbons (Fsp3) is 0.200. The summed E-state index contributed by atoms with van der Waals surface area (Å²) < 4.78 is 1.49. The van der Waals surface area contributed by atoms with Crippen molar-refractivity contribution in [3.8, 4) is 5.82 Å². The number of hydrogen-bond acceptors (Lipinski definition) is 5. The summed E-state index contributed by atoms with van der Waals surface area (Å²) in [6.07, 6.45) is 3.26. The molecule has 1 N–H and O–H groups in total. The molecule has 3 rings (SSSR count). The fourth-order valence-electron chi connectivity index (χ4n) is 2.62. The van der Waals surface area contributed by atoms with Crippen LogP contribution in [0.15, 0.2) is 65.2 Å². The van der Waals surface area contributed by atoms with Gasteiger partial charge in [-0.25, -0.2) is 14.5 Å². The van der Waals surface area contributed by atoms with Crippen molar-refractivity contribution in [2.24, 2.45) is 0 Å². The van der Waals surface area contributed by atoms with Gasteiger partial charge in [0.15, 0.2) is 5.16 Å². The average molecular weight is 380 g/mol. The molecule has 0 radical (unpaired) electrons. The predicted octanol–water partition coefficient (Wildman–Crippen LogP) is 2.87. The van der Waals surface area contributed by atoms with Gasteiger partial charge >= 0.3 is 0 Å². The van der Waals surface area contributed by atoms with E-state index in [0.717, 1.165) is 5.56 Å². The number of pyridine rings is 1. The lowest BCUT2D eigenvalue weighted by molar-refractivity contribution is -0.120. The van der Waals surface area contributed by atoms with E-state index in [-0.39, 0.29) is 11.5 Å². The van der Waals surface area contributed by atoms with Gasteiger partial charge in [-0.05, 0) is 37.6 Å². The standard InChI is InChI=1S/C20H20N4O2S/c1-4-11-22-18(25)14(3)27-20-23-16-10-6-5-9-15(16)19(26)24(20)17-13(2)8-7-12-21-17/h4-10,12,14H,1,11H2,2-3H3,(H,22,25)/t14-/m1/s1. The van der Waals surface area contributed by atoms with Crippen LogP contribution < -0.4 is 10.9 Å². The van der Waals surface area contributed by atoms with Gasteiger partial charge in [-0.2, -0.15) is 0 Å². The number of carbonyl (C=O) groups is 1. The van der Waals surface area contributed by atoms with Crippen LogP contribution in [0.3, 0.4) is 0 Å². The van der Waals surface area contributed by atoms with Crippen molar-refractivity contribution in [1.29, 1.82) is 0 Å². The van der Waals surface area contributed by atoms with Gasteiger partial charge in [-0.3, -0.25) is 9.59 Å². The number of fused-ring (bicyclic) bond motifs is 1. The van der Waals surface area contributed by atoms with Gasteiger partial charge in [0.2, 0.25) is 5.91 Å². The van der Waals surface area contributed by atoms with Crippen molar-refractivity contribution in [2.45, 2.75) is 24.3 Å². The van der Waals surface area contributed by atoms with Crippen molar-refractivity contribution in [1.82, 2.24) is 19.9 Å². The summed E-state index contributed by atoms with van der Waals surface area (Å²) in [7, 11) is 0. The van der Waals surface area contributed by atoms with E-state index in [4.69, 9.17) is 0 Å². The highest BCUT2D eigenvalue weighted by Crippen LogP contribution is 2.25. The molecule has 0 saturated heterocycles. The van der Waals surface area contributed by atoms with Gasteiger partial charge in [0.1, 0.15) is 5.82 Å². The van der Waals surface area contributed by atoms with E-state index >= 15 is 0 Å². The Labute approximate surface area is 161 Å². The predicted molar refractivity (Wildman–Crippen MR) is 108 cm³/mol. The van der Waals surface area contributed by atoms with E-state index in [2.05, 4.69) is 21.9 Å². The summed E-state index contributed by atoms with van der Waals surface area (Å²) in [6, 6.07) is 10.9. The largest absolute Gasteiger partial charge is 0.352 e. The van der Waals surface area contributed by atoms with E-state index in [1.807, 2.05) is 25.1 Å². The molecular formula is C20H20N4O2S. The summed E-state index contributed by atoms with van der Waals surface area (Å²) in [5, 5.41) is 3.27. The molecule has 0 aliphatic rings. The minimum Gasteiger partial charge on any atom is -0.352 e. The lowest BCUT2D eigenvalue weighted by Crippen LogP contribution is -2.32. The van der Waals surface area contributed by atoms with Crippen LogP contribution >= 0.6 is 11.8 Å². The van der Waals surface area contributed by atoms with Gasteiger partial charge in [-0.1, -0.05) is 36.0 Å². The average Bonchev–Trinajstić information content (AvgIpc) is 2.67. The highest BCUT2D eigenvalue weighted by molar-refractivity contribution is 8.00. The molecule has 2 heterocycles. The zero-order valence-electron chi connectivity index (χ0n) is 15.2. The summed E-state index contributed by atoms with van der Waals surface area (Å²) in [5.41, 5.74) is 1.24. The number of rotatable bonds is 6. The molecular weight excluding hydrogens is 360 g/mol. The van der Waals surface area contributed by atoms with Crippen LogP contribution in [0, 0.1) is 6.92 Å². The van der Waals surface area contributed by atoms with Gasteiger partial charge in [-0.15, -0.1) is 6.58 Å². The van der Waals surface area contributed by atoms with Crippen LogP contribution in [-0.4, -0.2) is 32.2 Å². The molecule has 138 valence electrons. The molecule has 0 spiro atoms. The minimum atomic E-state index is -0.437. The molecule has 2 aromatic heterocycles. The lowest BCUT2D eigenvalue weighted by atomic mass is 10.2. The molecule has 0 aliphatic carbocycles. The first-order chi connectivity index (χ1) is 13.0. The van der Waals surface area contributed by atoms with Gasteiger partial charge in [0, 0.05) is 12.7 Å². The summed E-state index contributed by atoms with van der Waals surface area (Å²) in [4.78, 5) is 34.5. The highest BCUT2D eigenvalue weighted by atomic mass is 32.2. The number of aromatic nitrogens is 3. The molecule has 0 fully saturated rings. The zero-order valence-corrected chi connectivity index (χ0v) is 16.0. The third kappa shape index (κ3) is 3.93. The Bertz CT molecular complexity index is 1060. The van der Waals surface area contributed by atoms with Gasteiger partial charge < -0.3 is 5.32 Å². The van der Waals surface area contributed by atoms with Crippen LogP contribution in [0.2, 0.25) is 0 Å². The Kier molecular flexibility index (Phi) is 5.71. The normalized spacial score (nSPS) is 11.9. The SMILES string of the molecule is C=CCNC(=O)[C@@H](C)Sc1nc2ccccc2c(=O)n1-c1ncccc1C. The first-order valence-corrected chi connectivity index (χ1v) is 9.40. The molecule has 27 heavy (non-hydrogen) atoms. The minimum absolute atomic E-state index is 0.147. The van der Waals surface area contributed by atoms with Crippen molar-refractivity contribution in [2.75, 3.05) is 6.54 Å². The number of amides is 1. The Balaban J connectivity index is 2.14. The topological polar surface area (TPSA) is 76.9 Å². The van der Waals surface area contributed by atoms with Crippen molar-refractivity contribution in [3.63, 3.8) is 0 Å². The Morgan fingerprint density at radius 3 is 2.85 bits per heavy atom. The second-order valence-electron chi connectivity index (χ2n) is 5.99. The number of carbonyl (C=O) groups excluding carboxylic acids is 1. The van der Waals surface area contributed by atoms with Crippen molar-refractivity contribution >= 4 is 28.6 Å². The third-order valence-corrected chi connectivity index (χ3v) is 5.06. The van der Waals surface area contributed by atoms with E-state index in [1.54, 1.807) is 37.4 Å². The van der Waals surface area contributed by atoms with E-state index in [1.165, 1.54) is 16.3 Å². The number of para-hydroxylation sites is 1. The second-order valence-corrected chi connectivity index (χ2v) is 7.30. The smallest absolute Gasteiger partial charge is 0.267 e. The molecule has 0 aliphatic heterocycles. The second kappa shape index (κ2) is 8.18. The number of nitrogens with zero attached hydrogens (tertiary/aromatic N) is 3. The number of hydrogen-bond donors (Lipinski definition) is 1. The lowest BCUT2D eigenvalue weighted by Gasteiger charge is -2.16. The Morgan fingerprint density at radius 1 is 1.33 bits per heavy atom. The van der Waals surface area contributed by atoms with Crippen LogP contribution in [-0.2, 0) is 4.79 Å². The van der Waals surface area contributed by atoms with Crippen LogP contribution in [0.4, 0.5) is 0 Å². The highest BCUT2D eigenvalue weighted by Gasteiger charge is 2.21. The van der Waals surface area contributed by atoms with E-state index in [0.29, 0.717) is 28.4 Å². The summed E-state index contributed by atoms with van der Waals surface area (Å²) >= 11 is 1.23. The van der Waals surface area contributed by atoms with Crippen LogP contribution in [0.25, 0.3) is 16.7 Å². The number of aryl methyl sites for hydroxylation is 1. The molecule has 1 aromatic carbocycles. The monoisotopic (exact) mass is 380 g/mol. The molecule has 3 aromatic rings. The van der Waals surface area contributed by atoms with E-state index < -0.39 is 5.25 Å². The molecule has 0 saturated carbocycles. The summed E-state index contributed by atoms with van der Waals surface area (Å²) in [5.74, 6) is 0.369. The van der Waals surface area contributed by atoms with Gasteiger partial charge in [0.25, 0.3) is 5.56 Å². The number of nitrogens with one attached hydrogen (secondary N) is 1. The van der Waals surface area contributed by atoms with Crippen LogP contribution in [0.5, 0.6) is 0 Å². The third-order valence-electron chi connectivity index (χ3n) is 4.01. The Morgan fingerprint density at radius 2 is 2.11 bits per heavy atom. The molecule has 0 unspecified atom stereocenters. The number of thioether (sulfide) groups is 1. The maximum Gasteiger partial charge on any atom is 0.267 e. The van der Waals surface area contributed by atoms with E-state index in [9.17, 15) is 9.59 Å². The number of benzene rings is 1. The molecule has 0 bridgehead atoms. The first-order valence-electron chi connectivity index (χ1n) is 8.52. The zero-order chi connectivity index (χ0) is 19.4. The van der Waals surface area contributed by atoms with Crippen LogP contribution in [0.1, 0.15) is 12.5 Å². The fourth-order valence-corrected chi connectivity index (χ4v) is 3.55. The molecule has 6 nitrogen and oxygen atoms in total. The maximum absolute atomic E-state index is 13.2. The molecule has 1 atom stereocenters. The quantitative estimate of drug-likeness (QED) is 0.404. The van der Waals surface area contributed by atoms with Crippen molar-refractivity contribution in [3.05, 3.63) is 71.2 Å². The van der Waals surface area contributed by atoms with Gasteiger partial charge in [0.05, 0.1) is 16.2 Å². The Hall–Kier alpha value is -2.93. The van der Waals surface area contributed by atoms with Crippen molar-refractivity contribution < 1.29 is 4.79 Å². The summed E-state index contributed by atoms with van der Waals surface area (Å²) in [6.45, 7) is 7.65. The maximum atomic E-state index is 13.2. The molecule has 7 heteroatoms. The first kappa shape index (κ1) is 18.8. The molecule has 1 amide bonds.